The fraction of sp³-hybridized carbons (Fsp3) is 0.545. The molecule has 0 aliphatic carbocycles. The second-order valence-corrected chi connectivity index (χ2v) is 4.97. The van der Waals surface area contributed by atoms with Crippen molar-refractivity contribution in [3.8, 4) is 0 Å². The summed E-state index contributed by atoms with van der Waals surface area (Å²) in [5.41, 5.74) is 3.10. The molecule has 18 heavy (non-hydrogen) atoms. The van der Waals surface area contributed by atoms with Gasteiger partial charge in [-0.3, -0.25) is 4.68 Å². The van der Waals surface area contributed by atoms with E-state index in [9.17, 15) is 0 Å². The first-order valence-corrected chi connectivity index (χ1v) is 6.62. The molecule has 2 rings (SSSR count). The summed E-state index contributed by atoms with van der Waals surface area (Å²) in [6.07, 6.45) is 0. The number of nitrogens with zero attached hydrogens (tertiary/aromatic N) is 5. The molecule has 2 aromatic heterocycles. The third-order valence-corrected chi connectivity index (χ3v) is 3.41. The lowest BCUT2D eigenvalue weighted by atomic mass is 10.1. The maximum atomic E-state index is 4.39. The maximum Gasteiger partial charge on any atom is 0.153 e. The Hall–Kier alpha value is -1.21. The minimum atomic E-state index is 0.0237. The zero-order chi connectivity index (χ0) is 13.3. The second kappa shape index (κ2) is 5.19. The highest BCUT2D eigenvalue weighted by Crippen LogP contribution is 2.26. The van der Waals surface area contributed by atoms with E-state index in [0.29, 0.717) is 0 Å². The normalized spacial score (nSPS) is 12.9. The summed E-state index contributed by atoms with van der Waals surface area (Å²) in [6.45, 7) is 4.92. The van der Waals surface area contributed by atoms with Gasteiger partial charge in [0, 0.05) is 14.1 Å². The summed E-state index contributed by atoms with van der Waals surface area (Å²) in [7, 11) is 3.84. The molecule has 2 heterocycles. The molecule has 2 aromatic rings. The fourth-order valence-electron chi connectivity index (χ4n) is 2.09. The van der Waals surface area contributed by atoms with E-state index < -0.39 is 0 Å². The minimum Gasteiger partial charge on any atom is -0.304 e. The zero-order valence-electron chi connectivity index (χ0n) is 11.0. The molecule has 0 saturated carbocycles. The highest BCUT2D eigenvalue weighted by atomic mass is 79.9. The van der Waals surface area contributed by atoms with Crippen molar-refractivity contribution in [2.24, 2.45) is 14.1 Å². The average molecular weight is 313 g/mol. The topological polar surface area (TPSA) is 60.6 Å². The van der Waals surface area contributed by atoms with E-state index in [1.807, 2.05) is 25.7 Å². The summed E-state index contributed by atoms with van der Waals surface area (Å²) in [4.78, 5) is 0. The molecule has 0 amide bonds. The van der Waals surface area contributed by atoms with Crippen molar-refractivity contribution in [1.29, 1.82) is 0 Å². The van der Waals surface area contributed by atoms with Crippen LogP contribution in [0.4, 0.5) is 0 Å². The Morgan fingerprint density at radius 3 is 2.56 bits per heavy atom. The number of rotatable bonds is 4. The number of aryl methyl sites for hydroxylation is 3. The lowest BCUT2D eigenvalue weighted by Crippen LogP contribution is -2.26. The van der Waals surface area contributed by atoms with E-state index in [1.165, 1.54) is 0 Å². The molecule has 98 valence electrons. The molecule has 0 spiro atoms. The van der Waals surface area contributed by atoms with Crippen LogP contribution in [0.3, 0.4) is 0 Å². The van der Waals surface area contributed by atoms with E-state index >= 15 is 0 Å². The van der Waals surface area contributed by atoms with E-state index in [-0.39, 0.29) is 6.04 Å². The van der Waals surface area contributed by atoms with E-state index in [2.05, 4.69) is 49.6 Å². The van der Waals surface area contributed by atoms with Gasteiger partial charge in [-0.05, 0) is 35.5 Å². The van der Waals surface area contributed by atoms with Gasteiger partial charge in [0.15, 0.2) is 4.60 Å². The van der Waals surface area contributed by atoms with Gasteiger partial charge in [-0.25, -0.2) is 4.68 Å². The number of aromatic nitrogens is 5. The van der Waals surface area contributed by atoms with Crippen molar-refractivity contribution in [3.05, 3.63) is 27.8 Å². The SMILES string of the molecule is CCNC(c1cc(C)nn1C)c1c(Br)nnn1C. The van der Waals surface area contributed by atoms with Crippen LogP contribution >= 0.6 is 15.9 Å². The van der Waals surface area contributed by atoms with Gasteiger partial charge in [0.05, 0.1) is 23.1 Å². The molecule has 7 heteroatoms. The number of hydrogen-bond donors (Lipinski definition) is 1. The molecule has 0 bridgehead atoms. The van der Waals surface area contributed by atoms with Crippen LogP contribution in [-0.2, 0) is 14.1 Å². The van der Waals surface area contributed by atoms with Gasteiger partial charge >= 0.3 is 0 Å². The van der Waals surface area contributed by atoms with Gasteiger partial charge < -0.3 is 5.32 Å². The van der Waals surface area contributed by atoms with Crippen LogP contribution in [0.15, 0.2) is 10.7 Å². The van der Waals surface area contributed by atoms with Gasteiger partial charge in [-0.1, -0.05) is 12.1 Å². The third kappa shape index (κ3) is 2.32. The van der Waals surface area contributed by atoms with Gasteiger partial charge in [0.1, 0.15) is 0 Å². The van der Waals surface area contributed by atoms with Crippen LogP contribution in [0.2, 0.25) is 0 Å². The summed E-state index contributed by atoms with van der Waals surface area (Å²) in [5.74, 6) is 0. The van der Waals surface area contributed by atoms with Crippen molar-refractivity contribution >= 4 is 15.9 Å². The van der Waals surface area contributed by atoms with Crippen LogP contribution in [0, 0.1) is 6.92 Å². The molecular weight excluding hydrogens is 296 g/mol. The predicted molar refractivity (Wildman–Crippen MR) is 72.2 cm³/mol. The molecule has 1 atom stereocenters. The Balaban J connectivity index is 2.49. The van der Waals surface area contributed by atoms with Gasteiger partial charge in [-0.2, -0.15) is 5.10 Å². The molecule has 1 unspecified atom stereocenters. The molecular formula is C11H17BrN6. The smallest absolute Gasteiger partial charge is 0.153 e. The van der Waals surface area contributed by atoms with E-state index in [1.54, 1.807) is 4.68 Å². The Bertz CT molecular complexity index is 524. The summed E-state index contributed by atoms with van der Waals surface area (Å²) < 4.78 is 4.43. The Morgan fingerprint density at radius 1 is 1.39 bits per heavy atom. The van der Waals surface area contributed by atoms with Gasteiger partial charge in [-0.15, -0.1) is 5.10 Å². The van der Waals surface area contributed by atoms with Gasteiger partial charge in [0.25, 0.3) is 0 Å². The van der Waals surface area contributed by atoms with Crippen LogP contribution in [0.5, 0.6) is 0 Å². The predicted octanol–water partition coefficient (Wildman–Crippen LogP) is 1.32. The monoisotopic (exact) mass is 312 g/mol. The molecule has 0 aliphatic heterocycles. The third-order valence-electron chi connectivity index (χ3n) is 2.84. The summed E-state index contributed by atoms with van der Waals surface area (Å²) >= 11 is 3.45. The van der Waals surface area contributed by atoms with Crippen molar-refractivity contribution in [2.45, 2.75) is 19.9 Å². The highest BCUT2D eigenvalue weighted by molar-refractivity contribution is 9.10. The highest BCUT2D eigenvalue weighted by Gasteiger charge is 2.24. The number of halogens is 1. The lowest BCUT2D eigenvalue weighted by molar-refractivity contribution is 0.530. The van der Waals surface area contributed by atoms with Crippen molar-refractivity contribution in [3.63, 3.8) is 0 Å². The first kappa shape index (κ1) is 13.2. The largest absolute Gasteiger partial charge is 0.304 e. The number of nitrogens with one attached hydrogen (secondary N) is 1. The van der Waals surface area contributed by atoms with Crippen molar-refractivity contribution in [2.75, 3.05) is 6.54 Å². The molecule has 0 fully saturated rings. The fourth-order valence-corrected chi connectivity index (χ4v) is 2.65. The quantitative estimate of drug-likeness (QED) is 0.925. The zero-order valence-corrected chi connectivity index (χ0v) is 12.6. The van der Waals surface area contributed by atoms with Gasteiger partial charge in [0.2, 0.25) is 0 Å². The van der Waals surface area contributed by atoms with E-state index in [0.717, 1.165) is 28.2 Å². The molecule has 1 N–H and O–H groups in total. The maximum absolute atomic E-state index is 4.39. The second-order valence-electron chi connectivity index (χ2n) is 4.21. The van der Waals surface area contributed by atoms with E-state index in [4.69, 9.17) is 0 Å². The summed E-state index contributed by atoms with van der Waals surface area (Å²) in [5, 5.41) is 15.9. The molecule has 0 aromatic carbocycles. The minimum absolute atomic E-state index is 0.0237. The van der Waals surface area contributed by atoms with Crippen LogP contribution in [-0.4, -0.2) is 31.3 Å². The lowest BCUT2D eigenvalue weighted by Gasteiger charge is -2.18. The summed E-state index contributed by atoms with van der Waals surface area (Å²) in [6, 6.07) is 2.10. The average Bonchev–Trinajstić information content (AvgIpc) is 2.80. The number of hydrogen-bond acceptors (Lipinski definition) is 4. The first-order valence-electron chi connectivity index (χ1n) is 5.83. The Kier molecular flexibility index (Phi) is 3.82. The van der Waals surface area contributed by atoms with Crippen LogP contribution in [0.1, 0.15) is 30.0 Å². The van der Waals surface area contributed by atoms with Crippen molar-refractivity contribution < 1.29 is 0 Å². The van der Waals surface area contributed by atoms with Crippen LogP contribution in [0.25, 0.3) is 0 Å². The first-order chi connectivity index (χ1) is 8.54. The van der Waals surface area contributed by atoms with Crippen LogP contribution < -0.4 is 5.32 Å². The standard InChI is InChI=1S/C11H17BrN6/c1-5-13-9(8-6-7(2)15-17(8)3)10-11(12)14-16-18(10)4/h6,9,13H,5H2,1-4H3. The molecule has 0 radical (unpaired) electrons. The molecule has 0 saturated heterocycles. The molecule has 6 nitrogen and oxygen atoms in total. The Labute approximate surface area is 114 Å². The molecule has 0 aliphatic rings. The van der Waals surface area contributed by atoms with Crippen molar-refractivity contribution in [1.82, 2.24) is 30.1 Å². The Morgan fingerprint density at radius 2 is 2.11 bits per heavy atom.